The first-order valence-corrected chi connectivity index (χ1v) is 17.1. The number of carbonyl (C=O) groups is 2. The second-order valence-corrected chi connectivity index (χ2v) is 13.9. The highest BCUT2D eigenvalue weighted by molar-refractivity contribution is 6.03. The number of carboxylic acid groups (broad SMARTS) is 1. The van der Waals surface area contributed by atoms with E-state index < -0.39 is 5.97 Å². The lowest BCUT2D eigenvalue weighted by Gasteiger charge is -2.34. The molecule has 1 N–H and O–H groups in total. The zero-order valence-corrected chi connectivity index (χ0v) is 28.6. The molecule has 47 heavy (non-hydrogen) atoms. The number of aliphatic carboxylic acids is 1. The van der Waals surface area contributed by atoms with E-state index in [0.717, 1.165) is 65.6 Å². The first-order chi connectivity index (χ1) is 22.6. The van der Waals surface area contributed by atoms with Crippen LogP contribution in [0.4, 0.5) is 17.1 Å². The number of aryl methyl sites for hydroxylation is 1. The fourth-order valence-corrected chi connectivity index (χ4v) is 6.69. The molecule has 5 nitrogen and oxygen atoms in total. The second kappa shape index (κ2) is 15.0. The quantitative estimate of drug-likeness (QED) is 0.0982. The van der Waals surface area contributed by atoms with E-state index >= 15 is 0 Å². The zero-order valence-electron chi connectivity index (χ0n) is 28.6. The topological polar surface area (TPSA) is 59.3 Å². The number of aromatic nitrogens is 1. The van der Waals surface area contributed by atoms with E-state index in [2.05, 4.69) is 95.4 Å². The van der Waals surface area contributed by atoms with Crippen molar-refractivity contribution in [1.29, 1.82) is 0 Å². The maximum atomic E-state index is 14.3. The van der Waals surface area contributed by atoms with Crippen LogP contribution in [0.2, 0.25) is 0 Å². The molecular formula is C42H49N2O3+. The molecule has 0 amide bonds. The molecule has 5 aromatic rings. The van der Waals surface area contributed by atoms with Gasteiger partial charge in [-0.15, -0.1) is 0 Å². The van der Waals surface area contributed by atoms with Gasteiger partial charge in [0.2, 0.25) is 0 Å². The predicted octanol–water partition coefficient (Wildman–Crippen LogP) is 10.5. The highest BCUT2D eigenvalue weighted by Crippen LogP contribution is 2.42. The first-order valence-electron chi connectivity index (χ1n) is 17.1. The molecule has 4 aromatic carbocycles. The smallest absolute Gasteiger partial charge is 0.303 e. The number of nitrogens with zero attached hydrogens (tertiary/aromatic N) is 2. The lowest BCUT2D eigenvalue weighted by molar-refractivity contribution is -0.137. The van der Waals surface area contributed by atoms with Gasteiger partial charge < -0.3 is 5.11 Å². The number of hydrogen-bond donors (Lipinski definition) is 1. The Morgan fingerprint density at radius 2 is 1.30 bits per heavy atom. The fraction of sp³-hybridized carbons (Fsp3) is 0.333. The van der Waals surface area contributed by atoms with E-state index in [0.29, 0.717) is 28.3 Å². The molecule has 0 saturated heterocycles. The van der Waals surface area contributed by atoms with Crippen molar-refractivity contribution < 1.29 is 14.7 Å². The normalized spacial score (nSPS) is 11.9. The fourth-order valence-electron chi connectivity index (χ4n) is 6.69. The van der Waals surface area contributed by atoms with E-state index in [9.17, 15) is 9.59 Å². The molecule has 5 heteroatoms. The van der Waals surface area contributed by atoms with Crippen molar-refractivity contribution >= 4 is 39.8 Å². The van der Waals surface area contributed by atoms with Crippen LogP contribution in [-0.4, -0.2) is 28.6 Å². The van der Waals surface area contributed by atoms with Crippen LogP contribution >= 0.6 is 0 Å². The van der Waals surface area contributed by atoms with Crippen molar-refractivity contribution in [3.8, 4) is 0 Å². The van der Waals surface area contributed by atoms with Gasteiger partial charge in [-0.1, -0.05) is 82.6 Å². The number of benzene rings is 4. The van der Waals surface area contributed by atoms with Crippen LogP contribution in [0.5, 0.6) is 0 Å². The summed E-state index contributed by atoms with van der Waals surface area (Å²) < 4.78 is 2.21. The van der Waals surface area contributed by atoms with Gasteiger partial charge >= 0.3 is 5.97 Å². The third-order valence-corrected chi connectivity index (χ3v) is 9.15. The standard InChI is InChI=1S/C42H48N2O3/c1-30(2)26-32-18-22-36(23-19-32)44(5,37-24-20-33(21-25-37)27-31(3)4)38-14-11-13-34(28-38)42(47)43-29-35(12-7-6-8-17-41(45)46)39-15-9-10-16-40(39)43/h9-11,13-16,18-25,28-31H,6-8,12,17,26-27H2,1-5H3/p+1. The van der Waals surface area contributed by atoms with E-state index in [1.54, 1.807) is 4.57 Å². The van der Waals surface area contributed by atoms with Crippen LogP contribution < -0.4 is 4.48 Å². The number of quaternary nitrogens is 1. The molecule has 0 unspecified atom stereocenters. The van der Waals surface area contributed by atoms with Gasteiger partial charge in [0, 0.05) is 60.0 Å². The van der Waals surface area contributed by atoms with Gasteiger partial charge in [0.1, 0.15) is 17.1 Å². The summed E-state index contributed by atoms with van der Waals surface area (Å²) in [6, 6.07) is 34.0. The minimum Gasteiger partial charge on any atom is -0.481 e. The van der Waals surface area contributed by atoms with Gasteiger partial charge in [0.05, 0.1) is 12.6 Å². The third kappa shape index (κ3) is 7.91. The Morgan fingerprint density at radius 3 is 1.87 bits per heavy atom. The summed E-state index contributed by atoms with van der Waals surface area (Å²) >= 11 is 0. The summed E-state index contributed by atoms with van der Waals surface area (Å²) in [6.07, 6.45) is 7.43. The Balaban J connectivity index is 1.52. The number of rotatable bonds is 14. The first kappa shape index (κ1) is 33.9. The van der Waals surface area contributed by atoms with Gasteiger partial charge in [-0.3, -0.25) is 14.2 Å². The Morgan fingerprint density at radius 1 is 0.702 bits per heavy atom. The Labute approximate surface area is 280 Å². The number of unbranched alkanes of at least 4 members (excludes halogenated alkanes) is 2. The van der Waals surface area contributed by atoms with Crippen molar-refractivity contribution in [2.75, 3.05) is 7.05 Å². The van der Waals surface area contributed by atoms with Crippen LogP contribution in [0.15, 0.2) is 103 Å². The SMILES string of the molecule is CC(C)Cc1ccc([N+](C)(c2ccc(CC(C)C)cc2)c2cccc(C(=O)n3cc(CCCCCC(=O)O)c4ccccc43)c2)cc1. The molecule has 0 atom stereocenters. The maximum absolute atomic E-state index is 14.3. The van der Waals surface area contributed by atoms with Gasteiger partial charge in [-0.05, 0) is 72.8 Å². The molecular weight excluding hydrogens is 580 g/mol. The summed E-state index contributed by atoms with van der Waals surface area (Å²) in [5, 5.41) is 10.0. The molecule has 1 heterocycles. The maximum Gasteiger partial charge on any atom is 0.303 e. The Kier molecular flexibility index (Phi) is 10.8. The van der Waals surface area contributed by atoms with Crippen molar-refractivity contribution in [2.45, 2.75) is 72.6 Å². The van der Waals surface area contributed by atoms with E-state index in [4.69, 9.17) is 5.11 Å². The minimum atomic E-state index is -0.754. The predicted molar refractivity (Wildman–Crippen MR) is 195 cm³/mol. The second-order valence-electron chi connectivity index (χ2n) is 13.9. The molecule has 0 aliphatic rings. The molecule has 0 aliphatic heterocycles. The van der Waals surface area contributed by atoms with Crippen molar-refractivity contribution in [1.82, 2.24) is 9.05 Å². The lowest BCUT2D eigenvalue weighted by Crippen LogP contribution is -2.34. The van der Waals surface area contributed by atoms with E-state index in [1.807, 2.05) is 42.6 Å². The molecule has 5 rings (SSSR count). The van der Waals surface area contributed by atoms with Crippen LogP contribution in [0.25, 0.3) is 10.9 Å². The summed E-state index contributed by atoms with van der Waals surface area (Å²) in [5.74, 6) is 0.349. The third-order valence-electron chi connectivity index (χ3n) is 9.15. The van der Waals surface area contributed by atoms with Crippen LogP contribution in [0, 0.1) is 11.8 Å². The van der Waals surface area contributed by atoms with E-state index in [1.165, 1.54) is 11.1 Å². The molecule has 0 radical (unpaired) electrons. The summed E-state index contributed by atoms with van der Waals surface area (Å²) in [7, 11) is 2.21. The van der Waals surface area contributed by atoms with Gasteiger partial charge in [0.15, 0.2) is 0 Å². The van der Waals surface area contributed by atoms with E-state index in [-0.39, 0.29) is 12.3 Å². The summed E-state index contributed by atoms with van der Waals surface area (Å²) in [6.45, 7) is 8.98. The average molecular weight is 630 g/mol. The number of carbonyl (C=O) groups excluding carboxylic acids is 1. The molecule has 0 aliphatic carbocycles. The zero-order chi connectivity index (χ0) is 33.6. The van der Waals surface area contributed by atoms with Gasteiger partial charge in [-0.25, -0.2) is 4.48 Å². The Hall–Kier alpha value is -4.48. The van der Waals surface area contributed by atoms with Crippen LogP contribution in [-0.2, 0) is 24.1 Å². The molecule has 0 fully saturated rings. The van der Waals surface area contributed by atoms with Crippen molar-refractivity contribution in [3.05, 3.63) is 126 Å². The molecule has 244 valence electrons. The van der Waals surface area contributed by atoms with Crippen molar-refractivity contribution in [2.24, 2.45) is 11.8 Å². The van der Waals surface area contributed by atoms with Crippen LogP contribution in [0.1, 0.15) is 80.4 Å². The number of fused-ring (bicyclic) bond motifs is 1. The number of carboxylic acids is 1. The Bertz CT molecular complexity index is 1760. The molecule has 0 spiro atoms. The molecule has 0 bridgehead atoms. The summed E-state index contributed by atoms with van der Waals surface area (Å²) in [4.78, 5) is 25.2. The number of hydrogen-bond acceptors (Lipinski definition) is 2. The largest absolute Gasteiger partial charge is 0.481 e. The van der Waals surface area contributed by atoms with Crippen LogP contribution in [0.3, 0.4) is 0 Å². The van der Waals surface area contributed by atoms with Gasteiger partial charge in [0.25, 0.3) is 5.91 Å². The summed E-state index contributed by atoms with van der Waals surface area (Å²) in [5.41, 5.74) is 8.57. The monoisotopic (exact) mass is 629 g/mol. The van der Waals surface area contributed by atoms with Crippen molar-refractivity contribution in [3.63, 3.8) is 0 Å². The average Bonchev–Trinajstić information content (AvgIpc) is 3.42. The molecule has 1 aromatic heterocycles. The minimum absolute atomic E-state index is 0.0636. The number of para-hydroxylation sites is 1. The highest BCUT2D eigenvalue weighted by atomic mass is 16.4. The molecule has 0 saturated carbocycles. The highest BCUT2D eigenvalue weighted by Gasteiger charge is 2.32. The van der Waals surface area contributed by atoms with Gasteiger partial charge in [-0.2, -0.15) is 0 Å². The lowest BCUT2D eigenvalue weighted by atomic mass is 10.0.